The monoisotopic (exact) mass is 394 g/mol. The molecule has 2 aliphatic carbocycles. The number of benzene rings is 1. The van der Waals surface area contributed by atoms with Crippen LogP contribution in [0.3, 0.4) is 0 Å². The van der Waals surface area contributed by atoms with Crippen molar-refractivity contribution in [1.82, 2.24) is 0 Å². The maximum absolute atomic E-state index is 2.58. The van der Waals surface area contributed by atoms with E-state index in [9.17, 15) is 0 Å². The molecule has 1 aromatic rings. The molecule has 0 bridgehead atoms. The smallest absolute Gasteiger partial charge is 0.0125 e. The van der Waals surface area contributed by atoms with Crippen LogP contribution in [0, 0.1) is 12.3 Å². The second-order valence-corrected chi connectivity index (χ2v) is 10.3. The van der Waals surface area contributed by atoms with Gasteiger partial charge in [0, 0.05) is 0 Å². The summed E-state index contributed by atoms with van der Waals surface area (Å²) in [6, 6.07) is 9.52. The van der Waals surface area contributed by atoms with Crippen molar-refractivity contribution in [2.75, 3.05) is 0 Å². The molecule has 29 heavy (non-hydrogen) atoms. The lowest BCUT2D eigenvalue weighted by atomic mass is 9.66. The first kappa shape index (κ1) is 22.6. The zero-order valence-corrected chi connectivity index (χ0v) is 19.5. The van der Waals surface area contributed by atoms with Crippen molar-refractivity contribution in [2.24, 2.45) is 5.41 Å². The lowest BCUT2D eigenvalue weighted by Gasteiger charge is -2.39. The SMILES string of the molecule is CCCCCCC1(CCC(CC2=CCCCC2)c2ccc(C)cc2)CCCCC1. The summed E-state index contributed by atoms with van der Waals surface area (Å²) in [6.45, 7) is 4.55. The van der Waals surface area contributed by atoms with E-state index in [2.05, 4.69) is 44.2 Å². The van der Waals surface area contributed by atoms with Gasteiger partial charge < -0.3 is 0 Å². The average Bonchev–Trinajstić information content (AvgIpc) is 2.76. The Morgan fingerprint density at radius 2 is 1.66 bits per heavy atom. The third-order valence-electron chi connectivity index (χ3n) is 7.94. The first-order chi connectivity index (χ1) is 14.2. The van der Waals surface area contributed by atoms with Crippen LogP contribution in [0.5, 0.6) is 0 Å². The molecular weight excluding hydrogens is 348 g/mol. The standard InChI is InChI=1S/C29H46/c1-3-4-5-10-20-29(21-11-7-12-22-29)23-19-28(24-26-13-8-6-9-14-26)27-17-15-25(2)16-18-27/h13,15-18,28H,3-12,14,19-24H2,1-2H3. The Balaban J connectivity index is 1.67. The molecule has 0 aliphatic heterocycles. The number of allylic oxidation sites excluding steroid dienone is 2. The van der Waals surface area contributed by atoms with E-state index in [4.69, 9.17) is 0 Å². The van der Waals surface area contributed by atoms with E-state index in [1.807, 2.05) is 0 Å². The predicted molar refractivity (Wildman–Crippen MR) is 129 cm³/mol. The average molecular weight is 395 g/mol. The highest BCUT2D eigenvalue weighted by molar-refractivity contribution is 5.26. The van der Waals surface area contributed by atoms with Crippen LogP contribution in [0.15, 0.2) is 35.9 Å². The van der Waals surface area contributed by atoms with Gasteiger partial charge in [0.1, 0.15) is 0 Å². The van der Waals surface area contributed by atoms with Gasteiger partial charge in [-0.1, -0.05) is 93.3 Å². The minimum absolute atomic E-state index is 0.663. The molecular formula is C29H46. The van der Waals surface area contributed by atoms with Gasteiger partial charge in [0.25, 0.3) is 0 Å². The van der Waals surface area contributed by atoms with Crippen molar-refractivity contribution in [2.45, 2.75) is 129 Å². The molecule has 0 heteroatoms. The van der Waals surface area contributed by atoms with E-state index in [1.54, 1.807) is 11.1 Å². The number of hydrogen-bond donors (Lipinski definition) is 0. The third-order valence-corrected chi connectivity index (χ3v) is 7.94. The van der Waals surface area contributed by atoms with E-state index >= 15 is 0 Å². The summed E-state index contributed by atoms with van der Waals surface area (Å²) in [4.78, 5) is 0. The van der Waals surface area contributed by atoms with Crippen LogP contribution in [-0.4, -0.2) is 0 Å². The molecule has 0 heterocycles. The maximum atomic E-state index is 2.58. The molecule has 0 spiro atoms. The normalized spacial score (nSPS) is 20.3. The minimum Gasteiger partial charge on any atom is -0.0853 e. The van der Waals surface area contributed by atoms with Crippen molar-refractivity contribution in [3.8, 4) is 0 Å². The summed E-state index contributed by atoms with van der Waals surface area (Å²) >= 11 is 0. The van der Waals surface area contributed by atoms with Crippen molar-refractivity contribution in [1.29, 1.82) is 0 Å². The van der Waals surface area contributed by atoms with Crippen LogP contribution in [0.2, 0.25) is 0 Å². The summed E-state index contributed by atoms with van der Waals surface area (Å²) < 4.78 is 0. The summed E-state index contributed by atoms with van der Waals surface area (Å²) in [6.07, 6.45) is 26.9. The van der Waals surface area contributed by atoms with E-state index in [0.29, 0.717) is 5.41 Å². The van der Waals surface area contributed by atoms with Crippen LogP contribution in [-0.2, 0) is 0 Å². The van der Waals surface area contributed by atoms with Gasteiger partial charge in [0.15, 0.2) is 0 Å². The minimum atomic E-state index is 0.663. The second kappa shape index (κ2) is 12.0. The highest BCUT2D eigenvalue weighted by atomic mass is 14.4. The molecule has 1 unspecified atom stereocenters. The lowest BCUT2D eigenvalue weighted by Crippen LogP contribution is -2.25. The molecule has 162 valence electrons. The molecule has 1 atom stereocenters. The predicted octanol–water partition coefficient (Wildman–Crippen LogP) is 9.67. The summed E-state index contributed by atoms with van der Waals surface area (Å²) in [5.41, 5.74) is 5.40. The number of hydrogen-bond acceptors (Lipinski definition) is 0. The largest absolute Gasteiger partial charge is 0.0853 e. The fraction of sp³-hybridized carbons (Fsp3) is 0.724. The number of unbranched alkanes of at least 4 members (excludes halogenated alkanes) is 3. The van der Waals surface area contributed by atoms with Gasteiger partial charge in [-0.3, -0.25) is 0 Å². The fourth-order valence-electron chi connectivity index (χ4n) is 5.97. The van der Waals surface area contributed by atoms with Gasteiger partial charge in [-0.25, -0.2) is 0 Å². The Labute approximate surface area is 181 Å². The maximum Gasteiger partial charge on any atom is -0.0125 e. The molecule has 2 aliphatic rings. The van der Waals surface area contributed by atoms with E-state index in [-0.39, 0.29) is 0 Å². The molecule has 0 saturated heterocycles. The van der Waals surface area contributed by atoms with Crippen LogP contribution >= 0.6 is 0 Å². The molecule has 0 aromatic heterocycles. The quantitative estimate of drug-likeness (QED) is 0.259. The van der Waals surface area contributed by atoms with Gasteiger partial charge in [-0.15, -0.1) is 0 Å². The van der Waals surface area contributed by atoms with E-state index in [0.717, 1.165) is 5.92 Å². The van der Waals surface area contributed by atoms with Crippen molar-refractivity contribution < 1.29 is 0 Å². The Kier molecular flexibility index (Phi) is 9.35. The van der Waals surface area contributed by atoms with Gasteiger partial charge in [-0.2, -0.15) is 0 Å². The molecule has 1 aromatic carbocycles. The van der Waals surface area contributed by atoms with Crippen LogP contribution in [0.1, 0.15) is 133 Å². The van der Waals surface area contributed by atoms with Gasteiger partial charge >= 0.3 is 0 Å². The fourth-order valence-corrected chi connectivity index (χ4v) is 5.97. The third kappa shape index (κ3) is 7.30. The number of aryl methyl sites for hydroxylation is 1. The van der Waals surface area contributed by atoms with Gasteiger partial charge in [-0.05, 0) is 88.0 Å². The highest BCUT2D eigenvalue weighted by Crippen LogP contribution is 2.46. The molecule has 0 N–H and O–H groups in total. The zero-order chi connectivity index (χ0) is 20.4. The first-order valence-electron chi connectivity index (χ1n) is 13.0. The van der Waals surface area contributed by atoms with Crippen LogP contribution in [0.25, 0.3) is 0 Å². The van der Waals surface area contributed by atoms with Crippen LogP contribution in [0.4, 0.5) is 0 Å². The molecule has 0 nitrogen and oxygen atoms in total. The molecule has 1 fully saturated rings. The molecule has 3 rings (SSSR count). The summed E-state index contributed by atoms with van der Waals surface area (Å²) in [5, 5.41) is 0. The second-order valence-electron chi connectivity index (χ2n) is 10.3. The Bertz CT molecular complexity index is 599. The van der Waals surface area contributed by atoms with Crippen molar-refractivity contribution in [3.63, 3.8) is 0 Å². The lowest BCUT2D eigenvalue weighted by molar-refractivity contribution is 0.144. The summed E-state index contributed by atoms with van der Waals surface area (Å²) in [5.74, 6) is 0.731. The Hall–Kier alpha value is -1.04. The van der Waals surface area contributed by atoms with Crippen molar-refractivity contribution in [3.05, 3.63) is 47.0 Å². The number of rotatable bonds is 11. The van der Waals surface area contributed by atoms with E-state index < -0.39 is 0 Å². The Morgan fingerprint density at radius 1 is 0.862 bits per heavy atom. The molecule has 0 amide bonds. The first-order valence-corrected chi connectivity index (χ1v) is 13.0. The van der Waals surface area contributed by atoms with E-state index in [1.165, 1.54) is 115 Å². The summed E-state index contributed by atoms with van der Waals surface area (Å²) in [7, 11) is 0. The Morgan fingerprint density at radius 3 is 2.34 bits per heavy atom. The van der Waals surface area contributed by atoms with Crippen molar-refractivity contribution >= 4 is 0 Å². The molecule has 0 radical (unpaired) electrons. The molecule has 1 saturated carbocycles. The topological polar surface area (TPSA) is 0 Å². The van der Waals surface area contributed by atoms with Gasteiger partial charge in [0.2, 0.25) is 0 Å². The highest BCUT2D eigenvalue weighted by Gasteiger charge is 2.32. The van der Waals surface area contributed by atoms with Gasteiger partial charge in [0.05, 0.1) is 0 Å². The van der Waals surface area contributed by atoms with Crippen LogP contribution < -0.4 is 0 Å². The zero-order valence-electron chi connectivity index (χ0n) is 19.5.